The van der Waals surface area contributed by atoms with Crippen LogP contribution in [0.5, 0.6) is 0 Å². The molecule has 0 aromatic carbocycles. The van der Waals surface area contributed by atoms with Crippen molar-refractivity contribution in [2.75, 3.05) is 6.61 Å². The van der Waals surface area contributed by atoms with Crippen molar-refractivity contribution in [1.29, 1.82) is 0 Å². The maximum absolute atomic E-state index is 12.5. The fourth-order valence-corrected chi connectivity index (χ4v) is 4.87. The molecule has 0 aromatic rings. The number of hydrogen-bond acceptors (Lipinski definition) is 4. The molecule has 0 radical (unpaired) electrons. The van der Waals surface area contributed by atoms with Crippen LogP contribution in [0, 0.1) is 17.8 Å². The fraction of sp³-hybridized carbons (Fsp3) is 0.828. The van der Waals surface area contributed by atoms with Crippen LogP contribution in [0.25, 0.3) is 0 Å². The summed E-state index contributed by atoms with van der Waals surface area (Å²) in [5.74, 6) is -0.0412. The van der Waals surface area contributed by atoms with Crippen LogP contribution < -0.4 is 0 Å². The second-order valence-corrected chi connectivity index (χ2v) is 9.87. The Morgan fingerprint density at radius 3 is 2.12 bits per heavy atom. The number of aliphatic hydroxyl groups excluding tert-OH is 1. The molecule has 0 amide bonds. The minimum Gasteiger partial charge on any atom is -0.393 e. The topological polar surface area (TPSA) is 55.8 Å². The van der Waals surface area contributed by atoms with Gasteiger partial charge in [-0.2, -0.15) is 4.89 Å². The summed E-state index contributed by atoms with van der Waals surface area (Å²) in [5.41, 5.74) is 0. The van der Waals surface area contributed by atoms with Gasteiger partial charge in [-0.25, -0.2) is 4.79 Å². The minimum absolute atomic E-state index is 0.154. The Hall–Kier alpha value is -1.13. The zero-order valence-corrected chi connectivity index (χ0v) is 21.8. The Morgan fingerprint density at radius 1 is 0.879 bits per heavy atom. The number of unbranched alkanes of at least 4 members (excludes halogenated alkanes) is 9. The first-order valence-corrected chi connectivity index (χ1v) is 13.9. The maximum Gasteiger partial charge on any atom is 0.345 e. The first kappa shape index (κ1) is 29.9. The van der Waals surface area contributed by atoms with Crippen molar-refractivity contribution in [3.63, 3.8) is 0 Å². The van der Waals surface area contributed by atoms with Crippen molar-refractivity contribution >= 4 is 5.97 Å². The van der Waals surface area contributed by atoms with Gasteiger partial charge < -0.3 is 5.11 Å². The van der Waals surface area contributed by atoms with Crippen LogP contribution in [-0.4, -0.2) is 23.8 Å². The third-order valence-corrected chi connectivity index (χ3v) is 7.07. The average molecular weight is 465 g/mol. The SMILES string of the molecule is CCCCC/C=C\C/C=C\CCCCCCCCOOC(=O)C(CCC)C1CCC(O)C1C. The molecule has 1 fully saturated rings. The number of carbonyl (C=O) groups is 1. The molecule has 4 heteroatoms. The highest BCUT2D eigenvalue weighted by atomic mass is 17.2. The van der Waals surface area contributed by atoms with E-state index < -0.39 is 0 Å². The molecule has 192 valence electrons. The Kier molecular flexibility index (Phi) is 18.4. The predicted octanol–water partition coefficient (Wildman–Crippen LogP) is 8.10. The molecular weight excluding hydrogens is 412 g/mol. The molecule has 0 aliphatic heterocycles. The molecule has 1 aliphatic carbocycles. The van der Waals surface area contributed by atoms with E-state index in [9.17, 15) is 9.90 Å². The van der Waals surface area contributed by atoms with Gasteiger partial charge in [-0.1, -0.05) is 90.0 Å². The fourth-order valence-electron chi connectivity index (χ4n) is 4.87. The lowest BCUT2D eigenvalue weighted by atomic mass is 9.82. The van der Waals surface area contributed by atoms with E-state index in [0.29, 0.717) is 6.61 Å². The first-order chi connectivity index (χ1) is 16.1. The molecule has 4 unspecified atom stereocenters. The van der Waals surface area contributed by atoms with Gasteiger partial charge in [0.15, 0.2) is 0 Å². The van der Waals surface area contributed by atoms with E-state index in [1.54, 1.807) is 0 Å². The smallest absolute Gasteiger partial charge is 0.345 e. The summed E-state index contributed by atoms with van der Waals surface area (Å²) in [6.45, 7) is 6.85. The van der Waals surface area contributed by atoms with Crippen LogP contribution in [0.15, 0.2) is 24.3 Å². The highest BCUT2D eigenvalue weighted by molar-refractivity contribution is 5.72. The monoisotopic (exact) mass is 464 g/mol. The van der Waals surface area contributed by atoms with Crippen molar-refractivity contribution in [1.82, 2.24) is 0 Å². The molecule has 1 saturated carbocycles. The van der Waals surface area contributed by atoms with E-state index in [4.69, 9.17) is 9.78 Å². The number of rotatable bonds is 20. The quantitative estimate of drug-likeness (QED) is 0.0855. The largest absolute Gasteiger partial charge is 0.393 e. The van der Waals surface area contributed by atoms with Gasteiger partial charge in [0.2, 0.25) is 0 Å². The van der Waals surface area contributed by atoms with Crippen molar-refractivity contribution in [2.24, 2.45) is 17.8 Å². The molecule has 1 aliphatic rings. The van der Waals surface area contributed by atoms with Gasteiger partial charge >= 0.3 is 5.97 Å². The van der Waals surface area contributed by atoms with E-state index in [-0.39, 0.29) is 29.8 Å². The molecule has 0 heterocycles. The molecule has 0 saturated heterocycles. The molecular formula is C29H52O4. The summed E-state index contributed by atoms with van der Waals surface area (Å²) in [6, 6.07) is 0. The van der Waals surface area contributed by atoms with Gasteiger partial charge in [0.25, 0.3) is 0 Å². The van der Waals surface area contributed by atoms with Crippen LogP contribution >= 0.6 is 0 Å². The van der Waals surface area contributed by atoms with Crippen LogP contribution in [0.1, 0.15) is 124 Å². The zero-order chi connectivity index (χ0) is 24.2. The second-order valence-electron chi connectivity index (χ2n) is 9.87. The summed E-state index contributed by atoms with van der Waals surface area (Å²) < 4.78 is 0. The molecule has 4 nitrogen and oxygen atoms in total. The molecule has 0 spiro atoms. The summed E-state index contributed by atoms with van der Waals surface area (Å²) >= 11 is 0. The lowest BCUT2D eigenvalue weighted by Crippen LogP contribution is -2.30. The first-order valence-electron chi connectivity index (χ1n) is 13.9. The molecule has 0 bridgehead atoms. The van der Waals surface area contributed by atoms with Gasteiger partial charge in [0.05, 0.1) is 18.6 Å². The standard InChI is InChI=1S/C29H52O4/c1-4-6-7-8-9-10-11-12-13-14-15-16-17-18-19-20-24-32-33-29(31)27(21-5-2)26-22-23-28(30)25(26)3/h9-10,12-13,25-28,30H,4-8,11,14-24H2,1-3H3/b10-9-,13-12-. The zero-order valence-electron chi connectivity index (χ0n) is 21.8. The van der Waals surface area contributed by atoms with Crippen molar-refractivity contribution < 1.29 is 19.7 Å². The van der Waals surface area contributed by atoms with E-state index in [1.165, 1.54) is 57.8 Å². The van der Waals surface area contributed by atoms with Gasteiger partial charge in [-0.15, -0.1) is 0 Å². The van der Waals surface area contributed by atoms with E-state index in [1.807, 2.05) is 6.92 Å². The molecule has 1 rings (SSSR count). The normalized spacial score (nSPS) is 21.9. The number of aliphatic hydroxyl groups is 1. The third kappa shape index (κ3) is 14.0. The van der Waals surface area contributed by atoms with Gasteiger partial charge in [-0.05, 0) is 69.6 Å². The molecule has 33 heavy (non-hydrogen) atoms. The Balaban J connectivity index is 1.96. The average Bonchev–Trinajstić information content (AvgIpc) is 3.14. The third-order valence-electron chi connectivity index (χ3n) is 7.07. The van der Waals surface area contributed by atoms with Crippen molar-refractivity contribution in [3.8, 4) is 0 Å². The lowest BCUT2D eigenvalue weighted by Gasteiger charge is -2.25. The summed E-state index contributed by atoms with van der Waals surface area (Å²) in [4.78, 5) is 22.9. The van der Waals surface area contributed by atoms with E-state index in [0.717, 1.165) is 44.9 Å². The summed E-state index contributed by atoms with van der Waals surface area (Å²) in [5, 5.41) is 10.0. The molecule has 1 N–H and O–H groups in total. The van der Waals surface area contributed by atoms with E-state index in [2.05, 4.69) is 38.2 Å². The molecule has 4 atom stereocenters. The Morgan fingerprint density at radius 2 is 1.52 bits per heavy atom. The second kappa shape index (κ2) is 20.3. The van der Waals surface area contributed by atoms with Crippen molar-refractivity contribution in [3.05, 3.63) is 24.3 Å². The lowest BCUT2D eigenvalue weighted by molar-refractivity contribution is -0.278. The Labute approximate surface area is 204 Å². The van der Waals surface area contributed by atoms with Crippen molar-refractivity contribution in [2.45, 2.75) is 130 Å². The number of allylic oxidation sites excluding steroid dienone is 4. The number of hydrogen-bond donors (Lipinski definition) is 1. The highest BCUT2D eigenvalue weighted by Gasteiger charge is 2.40. The van der Waals surface area contributed by atoms with Gasteiger partial charge in [0.1, 0.15) is 0 Å². The minimum atomic E-state index is -0.290. The van der Waals surface area contributed by atoms with E-state index >= 15 is 0 Å². The summed E-state index contributed by atoms with van der Waals surface area (Å²) in [6.07, 6.45) is 26.8. The summed E-state index contributed by atoms with van der Waals surface area (Å²) in [7, 11) is 0. The maximum atomic E-state index is 12.5. The Bertz CT molecular complexity index is 528. The van der Waals surface area contributed by atoms with Gasteiger partial charge in [0, 0.05) is 0 Å². The molecule has 0 aromatic heterocycles. The van der Waals surface area contributed by atoms with Crippen LogP contribution in [0.3, 0.4) is 0 Å². The number of carbonyl (C=O) groups excluding carboxylic acids is 1. The van der Waals surface area contributed by atoms with Crippen LogP contribution in [0.2, 0.25) is 0 Å². The van der Waals surface area contributed by atoms with Crippen LogP contribution in [0.4, 0.5) is 0 Å². The highest BCUT2D eigenvalue weighted by Crippen LogP contribution is 2.39. The van der Waals surface area contributed by atoms with Crippen LogP contribution in [-0.2, 0) is 14.6 Å². The predicted molar refractivity (Wildman–Crippen MR) is 138 cm³/mol. The van der Waals surface area contributed by atoms with Gasteiger partial charge in [-0.3, -0.25) is 4.89 Å².